The highest BCUT2D eigenvalue weighted by Gasteiger charge is 2.14. The Morgan fingerprint density at radius 2 is 2.00 bits per heavy atom. The number of hydrogen-bond donors (Lipinski definition) is 1. The van der Waals surface area contributed by atoms with Crippen LogP contribution in [0, 0.1) is 5.92 Å². The van der Waals surface area contributed by atoms with E-state index >= 15 is 0 Å². The fraction of sp³-hybridized carbons (Fsp3) is 0.600. The fourth-order valence-electron chi connectivity index (χ4n) is 2.64. The van der Waals surface area contributed by atoms with Crippen molar-refractivity contribution in [1.29, 1.82) is 0 Å². The molecule has 0 radical (unpaired) electrons. The third-order valence-electron chi connectivity index (χ3n) is 3.72. The van der Waals surface area contributed by atoms with Crippen LogP contribution in [0.1, 0.15) is 44.1 Å². The van der Waals surface area contributed by atoms with Crippen LogP contribution in [-0.2, 0) is 6.61 Å². The highest BCUT2D eigenvalue weighted by atomic mass is 35.5. The third kappa shape index (κ3) is 3.63. The molecule has 0 atom stereocenters. The normalized spacial score (nSPS) is 16.8. The Kier molecular flexibility index (Phi) is 5.33. The van der Waals surface area contributed by atoms with Crippen molar-refractivity contribution in [3.63, 3.8) is 0 Å². The van der Waals surface area contributed by atoms with Gasteiger partial charge in [0.15, 0.2) is 0 Å². The van der Waals surface area contributed by atoms with Gasteiger partial charge in [-0.25, -0.2) is 0 Å². The van der Waals surface area contributed by atoms with Gasteiger partial charge in [0.1, 0.15) is 5.75 Å². The molecular formula is C15H21ClO2. The molecule has 0 saturated heterocycles. The van der Waals surface area contributed by atoms with Crippen molar-refractivity contribution in [2.24, 2.45) is 5.92 Å². The monoisotopic (exact) mass is 268 g/mol. The predicted octanol–water partition coefficient (Wildman–Crippen LogP) is 4.18. The average Bonchev–Trinajstić information content (AvgIpc) is 2.41. The van der Waals surface area contributed by atoms with E-state index in [-0.39, 0.29) is 6.61 Å². The van der Waals surface area contributed by atoms with Gasteiger partial charge < -0.3 is 9.84 Å². The maximum atomic E-state index is 9.25. The lowest BCUT2D eigenvalue weighted by molar-refractivity contribution is 0.234. The van der Waals surface area contributed by atoms with E-state index < -0.39 is 0 Å². The van der Waals surface area contributed by atoms with Crippen LogP contribution in [-0.4, -0.2) is 11.7 Å². The topological polar surface area (TPSA) is 29.5 Å². The molecule has 1 aliphatic carbocycles. The van der Waals surface area contributed by atoms with Crippen molar-refractivity contribution in [3.05, 3.63) is 28.8 Å². The van der Waals surface area contributed by atoms with Gasteiger partial charge >= 0.3 is 0 Å². The van der Waals surface area contributed by atoms with Gasteiger partial charge in [0.25, 0.3) is 0 Å². The summed E-state index contributed by atoms with van der Waals surface area (Å²) in [6.07, 6.45) is 7.86. The molecule has 0 spiro atoms. The van der Waals surface area contributed by atoms with E-state index in [1.807, 2.05) is 12.1 Å². The molecule has 1 fully saturated rings. The second kappa shape index (κ2) is 7.01. The minimum atomic E-state index is -0.0285. The molecule has 2 nitrogen and oxygen atoms in total. The zero-order valence-electron chi connectivity index (χ0n) is 10.7. The summed E-state index contributed by atoms with van der Waals surface area (Å²) < 4.78 is 5.77. The molecule has 2 rings (SSSR count). The second-order valence-electron chi connectivity index (χ2n) is 5.03. The molecule has 0 heterocycles. The average molecular weight is 269 g/mol. The Morgan fingerprint density at radius 3 is 2.72 bits per heavy atom. The number of rotatable bonds is 5. The summed E-state index contributed by atoms with van der Waals surface area (Å²) in [6.45, 7) is 0.667. The summed E-state index contributed by atoms with van der Waals surface area (Å²) in [6, 6.07) is 5.49. The zero-order valence-corrected chi connectivity index (χ0v) is 11.5. The first-order valence-corrected chi connectivity index (χ1v) is 7.20. The van der Waals surface area contributed by atoms with Gasteiger partial charge in [-0.3, -0.25) is 0 Å². The molecule has 1 N–H and O–H groups in total. The zero-order chi connectivity index (χ0) is 12.8. The van der Waals surface area contributed by atoms with Crippen LogP contribution in [0.15, 0.2) is 18.2 Å². The highest BCUT2D eigenvalue weighted by molar-refractivity contribution is 6.32. The van der Waals surface area contributed by atoms with E-state index in [0.717, 1.165) is 17.9 Å². The number of aliphatic hydroxyl groups excluding tert-OH is 1. The molecule has 0 aromatic heterocycles. The Hall–Kier alpha value is -0.730. The minimum Gasteiger partial charge on any atom is -0.492 e. The lowest BCUT2D eigenvalue weighted by atomic mass is 9.87. The van der Waals surface area contributed by atoms with Crippen LogP contribution in [0.4, 0.5) is 0 Å². The van der Waals surface area contributed by atoms with E-state index in [1.54, 1.807) is 6.07 Å². The van der Waals surface area contributed by atoms with Crippen LogP contribution >= 0.6 is 11.6 Å². The van der Waals surface area contributed by atoms with Crippen LogP contribution in [0.3, 0.4) is 0 Å². The Labute approximate surface area is 114 Å². The standard InChI is InChI=1S/C15H21ClO2/c16-14-8-4-7-13(11-17)15(14)18-10-9-12-5-2-1-3-6-12/h4,7-8,12,17H,1-3,5-6,9-11H2. The quantitative estimate of drug-likeness (QED) is 0.868. The molecule has 0 unspecified atom stereocenters. The number of benzene rings is 1. The lowest BCUT2D eigenvalue weighted by Gasteiger charge is -2.21. The van der Waals surface area contributed by atoms with E-state index in [2.05, 4.69) is 0 Å². The van der Waals surface area contributed by atoms with Crippen molar-refractivity contribution in [1.82, 2.24) is 0 Å². The number of hydrogen-bond acceptors (Lipinski definition) is 2. The number of halogens is 1. The summed E-state index contributed by atoms with van der Waals surface area (Å²) in [4.78, 5) is 0. The first-order chi connectivity index (χ1) is 8.81. The second-order valence-corrected chi connectivity index (χ2v) is 5.43. The van der Waals surface area contributed by atoms with Gasteiger partial charge in [0.2, 0.25) is 0 Å². The van der Waals surface area contributed by atoms with Gasteiger partial charge in [-0.2, -0.15) is 0 Å². The van der Waals surface area contributed by atoms with Crippen molar-refractivity contribution >= 4 is 11.6 Å². The summed E-state index contributed by atoms with van der Waals surface area (Å²) in [5.74, 6) is 1.45. The van der Waals surface area contributed by atoms with Gasteiger partial charge in [0.05, 0.1) is 18.2 Å². The molecule has 3 heteroatoms. The Morgan fingerprint density at radius 1 is 1.22 bits per heavy atom. The number of para-hydroxylation sites is 1. The highest BCUT2D eigenvalue weighted by Crippen LogP contribution is 2.30. The maximum absolute atomic E-state index is 9.25. The third-order valence-corrected chi connectivity index (χ3v) is 4.01. The summed E-state index contributed by atoms with van der Waals surface area (Å²) in [5, 5.41) is 9.84. The van der Waals surface area contributed by atoms with Crippen molar-refractivity contribution in [3.8, 4) is 5.75 Å². The van der Waals surface area contributed by atoms with Crippen LogP contribution in [0.2, 0.25) is 5.02 Å². The van der Waals surface area contributed by atoms with Crippen LogP contribution in [0.5, 0.6) is 5.75 Å². The maximum Gasteiger partial charge on any atom is 0.143 e. The fourth-order valence-corrected chi connectivity index (χ4v) is 2.89. The molecule has 1 aromatic rings. The smallest absolute Gasteiger partial charge is 0.143 e. The van der Waals surface area contributed by atoms with Crippen LogP contribution < -0.4 is 4.74 Å². The Balaban J connectivity index is 1.85. The van der Waals surface area contributed by atoms with Crippen molar-refractivity contribution in [2.75, 3.05) is 6.61 Å². The molecule has 18 heavy (non-hydrogen) atoms. The van der Waals surface area contributed by atoms with Crippen LogP contribution in [0.25, 0.3) is 0 Å². The number of ether oxygens (including phenoxy) is 1. The molecule has 1 aliphatic rings. The lowest BCUT2D eigenvalue weighted by Crippen LogP contribution is -2.11. The molecule has 100 valence electrons. The first-order valence-electron chi connectivity index (χ1n) is 6.82. The van der Waals surface area contributed by atoms with E-state index in [1.165, 1.54) is 32.1 Å². The molecule has 1 saturated carbocycles. The van der Waals surface area contributed by atoms with Crippen molar-refractivity contribution < 1.29 is 9.84 Å². The van der Waals surface area contributed by atoms with Crippen molar-refractivity contribution in [2.45, 2.75) is 45.1 Å². The molecule has 1 aromatic carbocycles. The van der Waals surface area contributed by atoms with Gasteiger partial charge in [-0.1, -0.05) is 55.8 Å². The number of aliphatic hydroxyl groups is 1. The van der Waals surface area contributed by atoms with Gasteiger partial charge in [0, 0.05) is 5.56 Å². The minimum absolute atomic E-state index is 0.0285. The largest absolute Gasteiger partial charge is 0.492 e. The molecular weight excluding hydrogens is 248 g/mol. The van der Waals surface area contributed by atoms with E-state index in [9.17, 15) is 5.11 Å². The predicted molar refractivity (Wildman–Crippen MR) is 74.1 cm³/mol. The summed E-state index contributed by atoms with van der Waals surface area (Å²) in [7, 11) is 0. The molecule has 0 amide bonds. The first kappa shape index (κ1) is 13.7. The van der Waals surface area contributed by atoms with E-state index in [0.29, 0.717) is 17.4 Å². The molecule has 0 bridgehead atoms. The molecule has 0 aliphatic heterocycles. The van der Waals surface area contributed by atoms with Gasteiger partial charge in [-0.05, 0) is 18.4 Å². The van der Waals surface area contributed by atoms with Gasteiger partial charge in [-0.15, -0.1) is 0 Å². The SMILES string of the molecule is OCc1cccc(Cl)c1OCCC1CCCCC1. The summed E-state index contributed by atoms with van der Waals surface area (Å²) in [5.41, 5.74) is 0.770. The Bertz CT molecular complexity index is 373. The van der Waals surface area contributed by atoms with E-state index in [4.69, 9.17) is 16.3 Å². The summed E-state index contributed by atoms with van der Waals surface area (Å²) >= 11 is 6.09.